The van der Waals surface area contributed by atoms with Crippen molar-refractivity contribution in [1.82, 2.24) is 4.90 Å². The Morgan fingerprint density at radius 3 is 2.79 bits per heavy atom. The normalized spacial score (nSPS) is 19.1. The summed E-state index contributed by atoms with van der Waals surface area (Å²) in [7, 11) is 0. The van der Waals surface area contributed by atoms with Crippen LogP contribution in [-0.4, -0.2) is 29.8 Å². The smallest absolute Gasteiger partial charge is 0.410 e. The topological polar surface area (TPSA) is 41.9 Å². The van der Waals surface area contributed by atoms with Crippen LogP contribution in [0.25, 0.3) is 0 Å². The number of likely N-dealkylation sites (tertiary alicyclic amines) is 1. The van der Waals surface area contributed by atoms with Crippen molar-refractivity contribution in [1.29, 1.82) is 0 Å². The fourth-order valence-electron chi connectivity index (χ4n) is 3.49. The van der Waals surface area contributed by atoms with E-state index in [0.717, 1.165) is 36.3 Å². The zero-order chi connectivity index (χ0) is 16.4. The van der Waals surface area contributed by atoms with Crippen LogP contribution in [0.15, 0.2) is 59.6 Å². The summed E-state index contributed by atoms with van der Waals surface area (Å²) >= 11 is 0. The van der Waals surface area contributed by atoms with Gasteiger partial charge in [0.2, 0.25) is 0 Å². The van der Waals surface area contributed by atoms with Crippen molar-refractivity contribution in [3.05, 3.63) is 65.7 Å². The Hall–Kier alpha value is -2.62. The highest BCUT2D eigenvalue weighted by molar-refractivity contribution is 6.00. The number of carbonyl (C=O) groups is 1. The van der Waals surface area contributed by atoms with Gasteiger partial charge in [-0.25, -0.2) is 4.79 Å². The van der Waals surface area contributed by atoms with E-state index in [2.05, 4.69) is 18.2 Å². The SMILES string of the molecule is O=C(OCc1ccccc1)N1CCCC2C(=Nc3ccccc32)C1. The maximum absolute atomic E-state index is 12.4. The fourth-order valence-corrected chi connectivity index (χ4v) is 3.49. The first-order valence-corrected chi connectivity index (χ1v) is 8.43. The molecule has 1 saturated heterocycles. The van der Waals surface area contributed by atoms with Crippen LogP contribution in [0.5, 0.6) is 0 Å². The molecule has 0 radical (unpaired) electrons. The number of nitrogens with zero attached hydrogens (tertiary/aromatic N) is 2. The predicted molar refractivity (Wildman–Crippen MR) is 93.7 cm³/mol. The van der Waals surface area contributed by atoms with Gasteiger partial charge in [-0.3, -0.25) is 4.99 Å². The van der Waals surface area contributed by atoms with Crippen molar-refractivity contribution in [2.75, 3.05) is 13.1 Å². The van der Waals surface area contributed by atoms with Crippen molar-refractivity contribution >= 4 is 17.5 Å². The van der Waals surface area contributed by atoms with Crippen molar-refractivity contribution in [3.8, 4) is 0 Å². The molecular weight excluding hydrogens is 300 g/mol. The van der Waals surface area contributed by atoms with Gasteiger partial charge in [-0.2, -0.15) is 0 Å². The molecule has 0 bridgehead atoms. The molecule has 4 nitrogen and oxygen atoms in total. The van der Waals surface area contributed by atoms with Gasteiger partial charge < -0.3 is 9.64 Å². The average molecular weight is 320 g/mol. The monoisotopic (exact) mass is 320 g/mol. The zero-order valence-corrected chi connectivity index (χ0v) is 13.5. The number of carbonyl (C=O) groups excluding carboxylic acids is 1. The summed E-state index contributed by atoms with van der Waals surface area (Å²) in [5.41, 5.74) is 4.44. The van der Waals surface area contributed by atoms with E-state index in [1.165, 1.54) is 5.56 Å². The van der Waals surface area contributed by atoms with Crippen LogP contribution in [0.1, 0.15) is 29.9 Å². The minimum Gasteiger partial charge on any atom is -0.445 e. The molecule has 2 aromatic carbocycles. The average Bonchev–Trinajstić information content (AvgIpc) is 2.83. The standard InChI is InChI=1S/C20H20N2O2/c23-20(24-14-15-7-2-1-3-8-15)22-12-6-10-17-16-9-4-5-11-18(16)21-19(17)13-22/h1-5,7-9,11,17H,6,10,12-14H2. The molecule has 2 heterocycles. The molecule has 0 spiro atoms. The van der Waals surface area contributed by atoms with Crippen LogP contribution < -0.4 is 0 Å². The van der Waals surface area contributed by atoms with Gasteiger partial charge in [-0.05, 0) is 30.0 Å². The quantitative estimate of drug-likeness (QED) is 0.828. The largest absolute Gasteiger partial charge is 0.445 e. The minimum absolute atomic E-state index is 0.252. The lowest BCUT2D eigenvalue weighted by Crippen LogP contribution is -2.35. The van der Waals surface area contributed by atoms with Crippen LogP contribution in [0.4, 0.5) is 10.5 Å². The summed E-state index contributed by atoms with van der Waals surface area (Å²) in [4.78, 5) is 19.0. The van der Waals surface area contributed by atoms with Gasteiger partial charge in [-0.15, -0.1) is 0 Å². The van der Waals surface area contributed by atoms with E-state index in [0.29, 0.717) is 19.1 Å². The van der Waals surface area contributed by atoms with Gasteiger partial charge in [-0.1, -0.05) is 48.5 Å². The lowest BCUT2D eigenvalue weighted by molar-refractivity contribution is 0.102. The highest BCUT2D eigenvalue weighted by Gasteiger charge is 2.32. The van der Waals surface area contributed by atoms with E-state index in [1.54, 1.807) is 4.90 Å². The van der Waals surface area contributed by atoms with Crippen molar-refractivity contribution in [3.63, 3.8) is 0 Å². The number of para-hydroxylation sites is 1. The van der Waals surface area contributed by atoms with E-state index in [-0.39, 0.29) is 6.09 Å². The molecule has 2 aliphatic heterocycles. The Kier molecular flexibility index (Phi) is 4.03. The van der Waals surface area contributed by atoms with Crippen LogP contribution >= 0.6 is 0 Å². The Labute approximate surface area is 141 Å². The number of rotatable bonds is 2. The summed E-state index contributed by atoms with van der Waals surface area (Å²) in [5.74, 6) is 0.355. The molecule has 1 atom stereocenters. The Bertz CT molecular complexity index is 770. The van der Waals surface area contributed by atoms with Gasteiger partial charge in [0.05, 0.1) is 12.2 Å². The lowest BCUT2D eigenvalue weighted by atomic mass is 9.92. The van der Waals surface area contributed by atoms with Crippen molar-refractivity contribution in [2.45, 2.75) is 25.4 Å². The molecule has 2 aromatic rings. The molecule has 1 unspecified atom stereocenters. The molecule has 4 heteroatoms. The molecule has 0 saturated carbocycles. The number of hydrogen-bond donors (Lipinski definition) is 0. The first kappa shape index (κ1) is 14.9. The fraction of sp³-hybridized carbons (Fsp3) is 0.300. The summed E-state index contributed by atoms with van der Waals surface area (Å²) in [6.45, 7) is 1.60. The third-order valence-corrected chi connectivity index (χ3v) is 4.72. The van der Waals surface area contributed by atoms with Crippen LogP contribution in [0.3, 0.4) is 0 Å². The predicted octanol–water partition coefficient (Wildman–Crippen LogP) is 4.29. The summed E-state index contributed by atoms with van der Waals surface area (Å²) in [6, 6.07) is 18.1. The van der Waals surface area contributed by atoms with Gasteiger partial charge in [0.15, 0.2) is 0 Å². The number of benzene rings is 2. The van der Waals surface area contributed by atoms with Gasteiger partial charge >= 0.3 is 6.09 Å². The van der Waals surface area contributed by atoms with E-state index in [4.69, 9.17) is 9.73 Å². The first-order valence-electron chi connectivity index (χ1n) is 8.43. The first-order chi connectivity index (χ1) is 11.8. The van der Waals surface area contributed by atoms with Crippen LogP contribution in [-0.2, 0) is 11.3 Å². The molecular formula is C20H20N2O2. The molecule has 24 heavy (non-hydrogen) atoms. The zero-order valence-electron chi connectivity index (χ0n) is 13.5. The van der Waals surface area contributed by atoms with Gasteiger partial charge in [0.25, 0.3) is 0 Å². The van der Waals surface area contributed by atoms with Crippen LogP contribution in [0, 0.1) is 0 Å². The second-order valence-corrected chi connectivity index (χ2v) is 6.32. The van der Waals surface area contributed by atoms with Gasteiger partial charge in [0, 0.05) is 18.2 Å². The molecule has 122 valence electrons. The maximum Gasteiger partial charge on any atom is 0.410 e. The highest BCUT2D eigenvalue weighted by atomic mass is 16.6. The number of aliphatic imine (C=N–C) groups is 1. The second kappa shape index (κ2) is 6.48. The summed E-state index contributed by atoms with van der Waals surface area (Å²) in [6.07, 6.45) is 1.76. The molecule has 1 amide bonds. The highest BCUT2D eigenvalue weighted by Crippen LogP contribution is 2.39. The Morgan fingerprint density at radius 1 is 1.12 bits per heavy atom. The number of fused-ring (bicyclic) bond motifs is 3. The maximum atomic E-state index is 12.4. The lowest BCUT2D eigenvalue weighted by Gasteiger charge is -2.20. The van der Waals surface area contributed by atoms with Gasteiger partial charge in [0.1, 0.15) is 6.61 Å². The molecule has 0 aliphatic carbocycles. The summed E-state index contributed by atoms with van der Waals surface area (Å²) in [5, 5.41) is 0. The number of amides is 1. The molecule has 0 N–H and O–H groups in total. The molecule has 0 aromatic heterocycles. The van der Waals surface area contributed by atoms with E-state index in [9.17, 15) is 4.79 Å². The molecule has 4 rings (SSSR count). The third kappa shape index (κ3) is 2.92. The van der Waals surface area contributed by atoms with E-state index >= 15 is 0 Å². The minimum atomic E-state index is -0.252. The van der Waals surface area contributed by atoms with Crippen molar-refractivity contribution in [2.24, 2.45) is 4.99 Å². The Morgan fingerprint density at radius 2 is 1.92 bits per heavy atom. The molecule has 1 fully saturated rings. The van der Waals surface area contributed by atoms with Crippen molar-refractivity contribution < 1.29 is 9.53 Å². The Balaban J connectivity index is 1.43. The number of ether oxygens (including phenoxy) is 1. The number of hydrogen-bond acceptors (Lipinski definition) is 3. The van der Waals surface area contributed by atoms with Crippen LogP contribution in [0.2, 0.25) is 0 Å². The second-order valence-electron chi connectivity index (χ2n) is 6.32. The third-order valence-electron chi connectivity index (χ3n) is 4.72. The molecule has 2 aliphatic rings. The van der Waals surface area contributed by atoms with E-state index in [1.807, 2.05) is 36.4 Å². The van der Waals surface area contributed by atoms with E-state index < -0.39 is 0 Å². The summed E-state index contributed by atoms with van der Waals surface area (Å²) < 4.78 is 5.48.